The van der Waals surface area contributed by atoms with Crippen LogP contribution >= 0.6 is 27.5 Å². The zero-order valence-electron chi connectivity index (χ0n) is 13.6. The highest BCUT2D eigenvalue weighted by Crippen LogP contribution is 2.28. The summed E-state index contributed by atoms with van der Waals surface area (Å²) in [5.41, 5.74) is -0.0602. The van der Waals surface area contributed by atoms with Crippen LogP contribution in [0.5, 0.6) is 5.75 Å². The van der Waals surface area contributed by atoms with Crippen LogP contribution in [0.25, 0.3) is 0 Å². The van der Waals surface area contributed by atoms with E-state index in [4.69, 9.17) is 20.8 Å². The van der Waals surface area contributed by atoms with Crippen molar-refractivity contribution in [1.82, 2.24) is 0 Å². The number of para-hydroxylation sites is 1. The number of hydrogen-bond donors (Lipinski definition) is 1. The van der Waals surface area contributed by atoms with E-state index in [0.717, 1.165) is 4.47 Å². The molecular formula is C18H12BrClN2O5. The molecule has 1 aromatic heterocycles. The second-order valence-corrected chi connectivity index (χ2v) is 6.62. The quantitative estimate of drug-likeness (QED) is 0.398. The Balaban J connectivity index is 1.67. The SMILES string of the molecule is O=C(Nc1cc([N+](=O)[O-])ccc1Cl)c1ccc(COc2ccccc2Br)o1. The van der Waals surface area contributed by atoms with Gasteiger partial charge in [0.25, 0.3) is 11.6 Å². The molecule has 1 amide bonds. The predicted octanol–water partition coefficient (Wildman–Crippen LogP) is 5.44. The van der Waals surface area contributed by atoms with Crippen molar-refractivity contribution < 1.29 is 18.9 Å². The van der Waals surface area contributed by atoms with Gasteiger partial charge in [0.2, 0.25) is 0 Å². The van der Waals surface area contributed by atoms with E-state index >= 15 is 0 Å². The lowest BCUT2D eigenvalue weighted by atomic mass is 10.2. The number of anilines is 1. The molecule has 3 aromatic rings. The Bertz CT molecular complexity index is 1000. The van der Waals surface area contributed by atoms with E-state index in [1.54, 1.807) is 12.1 Å². The summed E-state index contributed by atoms with van der Waals surface area (Å²) in [5.74, 6) is 0.539. The summed E-state index contributed by atoms with van der Waals surface area (Å²) < 4.78 is 11.9. The maximum absolute atomic E-state index is 12.3. The summed E-state index contributed by atoms with van der Waals surface area (Å²) in [6.07, 6.45) is 0. The smallest absolute Gasteiger partial charge is 0.291 e. The Morgan fingerprint density at radius 3 is 2.74 bits per heavy atom. The summed E-state index contributed by atoms with van der Waals surface area (Å²) in [7, 11) is 0. The number of furan rings is 1. The third kappa shape index (κ3) is 4.66. The number of ether oxygens (including phenoxy) is 1. The molecule has 0 saturated carbocycles. The number of non-ortho nitro benzene ring substituents is 1. The lowest BCUT2D eigenvalue weighted by Gasteiger charge is -2.06. The predicted molar refractivity (Wildman–Crippen MR) is 103 cm³/mol. The molecule has 0 saturated heterocycles. The molecule has 0 radical (unpaired) electrons. The minimum Gasteiger partial charge on any atom is -0.484 e. The minimum atomic E-state index is -0.579. The third-order valence-corrected chi connectivity index (χ3v) is 4.49. The fourth-order valence-electron chi connectivity index (χ4n) is 2.19. The number of nitro groups is 1. The highest BCUT2D eigenvalue weighted by molar-refractivity contribution is 9.10. The first-order chi connectivity index (χ1) is 12.9. The zero-order valence-corrected chi connectivity index (χ0v) is 16.0. The number of rotatable bonds is 6. The summed E-state index contributed by atoms with van der Waals surface area (Å²) >= 11 is 9.36. The van der Waals surface area contributed by atoms with Gasteiger partial charge in [0.1, 0.15) is 18.1 Å². The first kappa shape index (κ1) is 18.9. The molecule has 1 heterocycles. The van der Waals surface area contributed by atoms with Gasteiger partial charge >= 0.3 is 0 Å². The number of benzene rings is 2. The molecule has 0 spiro atoms. The Labute approximate surface area is 167 Å². The largest absolute Gasteiger partial charge is 0.484 e. The second kappa shape index (κ2) is 8.24. The van der Waals surface area contributed by atoms with Gasteiger partial charge in [-0.1, -0.05) is 23.7 Å². The fraction of sp³-hybridized carbons (Fsp3) is 0.0556. The highest BCUT2D eigenvalue weighted by atomic mass is 79.9. The Morgan fingerprint density at radius 1 is 1.22 bits per heavy atom. The lowest BCUT2D eigenvalue weighted by molar-refractivity contribution is -0.384. The van der Waals surface area contributed by atoms with Crippen LogP contribution in [0.3, 0.4) is 0 Å². The van der Waals surface area contributed by atoms with Gasteiger partial charge in [-0.05, 0) is 46.3 Å². The van der Waals surface area contributed by atoms with Crippen molar-refractivity contribution in [2.75, 3.05) is 5.32 Å². The minimum absolute atomic E-state index is 0.0308. The van der Waals surface area contributed by atoms with Gasteiger partial charge in [0.15, 0.2) is 5.76 Å². The molecule has 0 fully saturated rings. The zero-order chi connectivity index (χ0) is 19.4. The van der Waals surface area contributed by atoms with E-state index in [0.29, 0.717) is 11.5 Å². The van der Waals surface area contributed by atoms with Crippen LogP contribution in [0.15, 0.2) is 63.5 Å². The summed E-state index contributed by atoms with van der Waals surface area (Å²) in [6.45, 7) is 0.132. The molecule has 0 bridgehead atoms. The van der Waals surface area contributed by atoms with Gasteiger partial charge in [-0.15, -0.1) is 0 Å². The number of carbonyl (C=O) groups excluding carboxylic acids is 1. The van der Waals surface area contributed by atoms with Crippen molar-refractivity contribution >= 4 is 44.8 Å². The van der Waals surface area contributed by atoms with Gasteiger partial charge in [-0.3, -0.25) is 14.9 Å². The topological polar surface area (TPSA) is 94.6 Å². The standard InChI is InChI=1S/C18H12BrClN2O5/c19-13-3-1-2-4-16(13)26-10-12-6-8-17(27-12)18(23)21-15-9-11(22(24)25)5-7-14(15)20/h1-9H,10H2,(H,21,23). The van der Waals surface area contributed by atoms with E-state index in [1.165, 1.54) is 24.3 Å². The van der Waals surface area contributed by atoms with Crippen LogP contribution < -0.4 is 10.1 Å². The van der Waals surface area contributed by atoms with E-state index in [1.807, 2.05) is 18.2 Å². The number of carbonyl (C=O) groups is 1. The van der Waals surface area contributed by atoms with E-state index < -0.39 is 10.8 Å². The Morgan fingerprint density at radius 2 is 2.00 bits per heavy atom. The maximum atomic E-state index is 12.3. The number of halogens is 2. The molecule has 1 N–H and O–H groups in total. The summed E-state index contributed by atoms with van der Waals surface area (Å²) in [5, 5.41) is 13.5. The van der Waals surface area contributed by atoms with Crippen molar-refractivity contribution in [2.24, 2.45) is 0 Å². The molecule has 0 aliphatic carbocycles. The molecular weight excluding hydrogens is 440 g/mol. The van der Waals surface area contributed by atoms with E-state index in [2.05, 4.69) is 21.2 Å². The number of nitrogens with one attached hydrogen (secondary N) is 1. The van der Waals surface area contributed by atoms with E-state index in [9.17, 15) is 14.9 Å². The first-order valence-electron chi connectivity index (χ1n) is 7.65. The molecule has 2 aromatic carbocycles. The van der Waals surface area contributed by atoms with E-state index in [-0.39, 0.29) is 28.8 Å². The van der Waals surface area contributed by atoms with Gasteiger partial charge in [-0.2, -0.15) is 0 Å². The van der Waals surface area contributed by atoms with Crippen LogP contribution in [0.2, 0.25) is 5.02 Å². The Hall–Kier alpha value is -2.84. The Kier molecular flexibility index (Phi) is 5.78. The highest BCUT2D eigenvalue weighted by Gasteiger charge is 2.16. The average molecular weight is 452 g/mol. The van der Waals surface area contributed by atoms with Gasteiger partial charge in [-0.25, -0.2) is 0 Å². The lowest BCUT2D eigenvalue weighted by Crippen LogP contribution is -2.11. The third-order valence-electron chi connectivity index (χ3n) is 3.50. The molecule has 3 rings (SSSR count). The fourth-order valence-corrected chi connectivity index (χ4v) is 2.76. The molecule has 0 aliphatic rings. The van der Waals surface area contributed by atoms with Crippen LogP contribution in [-0.2, 0) is 6.61 Å². The monoisotopic (exact) mass is 450 g/mol. The van der Waals surface area contributed by atoms with Crippen LogP contribution in [0.4, 0.5) is 11.4 Å². The first-order valence-corrected chi connectivity index (χ1v) is 8.82. The van der Waals surface area contributed by atoms with Gasteiger partial charge in [0.05, 0.1) is 20.1 Å². The number of amides is 1. The maximum Gasteiger partial charge on any atom is 0.291 e. The molecule has 0 unspecified atom stereocenters. The summed E-state index contributed by atoms with van der Waals surface area (Å²) in [4.78, 5) is 22.6. The van der Waals surface area contributed by atoms with Crippen molar-refractivity contribution in [1.29, 1.82) is 0 Å². The van der Waals surface area contributed by atoms with Crippen molar-refractivity contribution in [3.63, 3.8) is 0 Å². The second-order valence-electron chi connectivity index (χ2n) is 5.36. The van der Waals surface area contributed by atoms with Crippen molar-refractivity contribution in [2.45, 2.75) is 6.61 Å². The van der Waals surface area contributed by atoms with Gasteiger partial charge in [0, 0.05) is 12.1 Å². The van der Waals surface area contributed by atoms with Crippen LogP contribution in [-0.4, -0.2) is 10.8 Å². The molecule has 0 aliphatic heterocycles. The summed E-state index contributed by atoms with van der Waals surface area (Å²) in [6, 6.07) is 14.2. The number of nitrogens with zero attached hydrogens (tertiary/aromatic N) is 1. The molecule has 27 heavy (non-hydrogen) atoms. The van der Waals surface area contributed by atoms with Crippen LogP contribution in [0.1, 0.15) is 16.3 Å². The number of hydrogen-bond acceptors (Lipinski definition) is 5. The van der Waals surface area contributed by atoms with Crippen LogP contribution in [0, 0.1) is 10.1 Å². The molecule has 7 nitrogen and oxygen atoms in total. The molecule has 0 atom stereocenters. The van der Waals surface area contributed by atoms with Crippen molar-refractivity contribution in [3.8, 4) is 5.75 Å². The molecule has 138 valence electrons. The average Bonchev–Trinajstić information content (AvgIpc) is 3.12. The van der Waals surface area contributed by atoms with Crippen molar-refractivity contribution in [3.05, 3.63) is 85.7 Å². The normalized spacial score (nSPS) is 10.4. The molecule has 9 heteroatoms. The number of nitro benzene ring substituents is 1. The van der Waals surface area contributed by atoms with Gasteiger partial charge < -0.3 is 14.5 Å².